The van der Waals surface area contributed by atoms with Gasteiger partial charge in [-0.05, 0) is 35.5 Å². The van der Waals surface area contributed by atoms with Crippen LogP contribution in [0.15, 0.2) is 66.2 Å². The molecule has 0 radical (unpaired) electrons. The van der Waals surface area contributed by atoms with E-state index in [1.165, 1.54) is 0 Å². The van der Waals surface area contributed by atoms with Gasteiger partial charge in [0.15, 0.2) is 0 Å². The van der Waals surface area contributed by atoms with E-state index in [4.69, 9.17) is 11.6 Å². The first-order valence-electron chi connectivity index (χ1n) is 7.05. The van der Waals surface area contributed by atoms with Crippen molar-refractivity contribution in [2.45, 2.75) is 0 Å². The summed E-state index contributed by atoms with van der Waals surface area (Å²) in [5, 5.41) is 0.162. The standard InChI is InChI=1S/C19H14ClN3/c1-3-16-18(21-2)17(23-19(20)22-16)15-11-9-14(10-12-15)13-7-5-4-6-8-13/h3-12H,1-2H2. The summed E-state index contributed by atoms with van der Waals surface area (Å²) in [5.74, 6) is 0. The van der Waals surface area contributed by atoms with E-state index in [1.807, 2.05) is 42.5 Å². The summed E-state index contributed by atoms with van der Waals surface area (Å²) in [5.41, 5.74) is 4.99. The Morgan fingerprint density at radius 3 is 2.09 bits per heavy atom. The van der Waals surface area contributed by atoms with E-state index in [9.17, 15) is 0 Å². The van der Waals surface area contributed by atoms with E-state index in [2.05, 4.69) is 40.4 Å². The molecule has 0 atom stereocenters. The van der Waals surface area contributed by atoms with Crippen LogP contribution in [0.2, 0.25) is 5.28 Å². The highest BCUT2D eigenvalue weighted by atomic mass is 35.5. The van der Waals surface area contributed by atoms with Gasteiger partial charge >= 0.3 is 0 Å². The molecule has 0 aliphatic rings. The quantitative estimate of drug-likeness (QED) is 0.474. The van der Waals surface area contributed by atoms with Gasteiger partial charge in [0.1, 0.15) is 11.4 Å². The molecule has 0 saturated heterocycles. The topological polar surface area (TPSA) is 38.1 Å². The fraction of sp³-hybridized carbons (Fsp3) is 0. The number of halogens is 1. The van der Waals surface area contributed by atoms with Gasteiger partial charge in [-0.3, -0.25) is 4.99 Å². The second-order valence-corrected chi connectivity index (χ2v) is 5.22. The van der Waals surface area contributed by atoms with E-state index in [0.717, 1.165) is 16.7 Å². The first kappa shape index (κ1) is 15.1. The van der Waals surface area contributed by atoms with Gasteiger partial charge in [-0.1, -0.05) is 61.2 Å². The van der Waals surface area contributed by atoms with Crippen LogP contribution in [0, 0.1) is 0 Å². The minimum atomic E-state index is 0.162. The molecule has 1 heterocycles. The highest BCUT2D eigenvalue weighted by Crippen LogP contribution is 2.33. The molecule has 3 nitrogen and oxygen atoms in total. The van der Waals surface area contributed by atoms with Crippen molar-refractivity contribution in [2.75, 3.05) is 0 Å². The first-order chi connectivity index (χ1) is 11.2. The molecule has 3 rings (SSSR count). The van der Waals surface area contributed by atoms with Crippen LogP contribution in [0.1, 0.15) is 5.69 Å². The molecule has 23 heavy (non-hydrogen) atoms. The Hall–Kier alpha value is -2.78. The van der Waals surface area contributed by atoms with Crippen LogP contribution in [0.4, 0.5) is 5.69 Å². The fourth-order valence-corrected chi connectivity index (χ4v) is 2.57. The number of benzene rings is 2. The fourth-order valence-electron chi connectivity index (χ4n) is 2.39. The van der Waals surface area contributed by atoms with Crippen LogP contribution in [0.3, 0.4) is 0 Å². The van der Waals surface area contributed by atoms with Crippen LogP contribution in [0.5, 0.6) is 0 Å². The Morgan fingerprint density at radius 2 is 1.48 bits per heavy atom. The lowest BCUT2D eigenvalue weighted by molar-refractivity contribution is 1.15. The molecule has 0 aliphatic carbocycles. The molecular formula is C19H14ClN3. The third-order valence-corrected chi connectivity index (χ3v) is 3.67. The molecule has 112 valence electrons. The summed E-state index contributed by atoms with van der Waals surface area (Å²) in [6, 6.07) is 18.2. The summed E-state index contributed by atoms with van der Waals surface area (Å²) in [7, 11) is 0. The molecule has 0 bridgehead atoms. The summed E-state index contributed by atoms with van der Waals surface area (Å²) in [4.78, 5) is 12.4. The maximum Gasteiger partial charge on any atom is 0.223 e. The van der Waals surface area contributed by atoms with E-state index in [1.54, 1.807) is 6.08 Å². The monoisotopic (exact) mass is 319 g/mol. The summed E-state index contributed by atoms with van der Waals surface area (Å²) >= 11 is 6.00. The Kier molecular flexibility index (Phi) is 4.31. The second-order valence-electron chi connectivity index (χ2n) is 4.88. The average Bonchev–Trinajstić information content (AvgIpc) is 2.61. The largest absolute Gasteiger partial charge is 0.260 e. The zero-order chi connectivity index (χ0) is 16.2. The third kappa shape index (κ3) is 3.05. The molecule has 0 unspecified atom stereocenters. The lowest BCUT2D eigenvalue weighted by Gasteiger charge is -2.09. The van der Waals surface area contributed by atoms with Crippen molar-refractivity contribution in [3.05, 3.63) is 72.2 Å². The van der Waals surface area contributed by atoms with Crippen molar-refractivity contribution in [1.29, 1.82) is 0 Å². The van der Waals surface area contributed by atoms with E-state index in [-0.39, 0.29) is 5.28 Å². The van der Waals surface area contributed by atoms with Crippen molar-refractivity contribution >= 4 is 30.1 Å². The zero-order valence-corrected chi connectivity index (χ0v) is 13.2. The number of hydrogen-bond acceptors (Lipinski definition) is 3. The van der Waals surface area contributed by atoms with Gasteiger partial charge in [0.2, 0.25) is 5.28 Å². The molecule has 2 aromatic carbocycles. The first-order valence-corrected chi connectivity index (χ1v) is 7.43. The summed E-state index contributed by atoms with van der Waals surface area (Å²) in [6.07, 6.45) is 1.60. The van der Waals surface area contributed by atoms with Gasteiger partial charge in [0, 0.05) is 5.56 Å². The van der Waals surface area contributed by atoms with Crippen LogP contribution in [-0.4, -0.2) is 16.7 Å². The Labute approximate surface area is 140 Å². The number of hydrogen-bond donors (Lipinski definition) is 0. The van der Waals surface area contributed by atoms with Crippen molar-refractivity contribution in [3.8, 4) is 22.4 Å². The molecule has 0 amide bonds. The Morgan fingerprint density at radius 1 is 0.870 bits per heavy atom. The van der Waals surface area contributed by atoms with Crippen LogP contribution in [0.25, 0.3) is 28.5 Å². The average molecular weight is 320 g/mol. The molecular weight excluding hydrogens is 306 g/mol. The van der Waals surface area contributed by atoms with Crippen molar-refractivity contribution in [3.63, 3.8) is 0 Å². The highest BCUT2D eigenvalue weighted by molar-refractivity contribution is 6.28. The minimum absolute atomic E-state index is 0.162. The number of nitrogens with zero attached hydrogens (tertiary/aromatic N) is 3. The van der Waals surface area contributed by atoms with Crippen molar-refractivity contribution in [2.24, 2.45) is 4.99 Å². The minimum Gasteiger partial charge on any atom is -0.260 e. The van der Waals surface area contributed by atoms with Gasteiger partial charge in [0.05, 0.1) is 5.69 Å². The summed E-state index contributed by atoms with van der Waals surface area (Å²) < 4.78 is 0. The molecule has 3 aromatic rings. The van der Waals surface area contributed by atoms with Crippen LogP contribution >= 0.6 is 11.6 Å². The van der Waals surface area contributed by atoms with Crippen molar-refractivity contribution in [1.82, 2.24) is 9.97 Å². The molecule has 0 aliphatic heterocycles. The van der Waals surface area contributed by atoms with Gasteiger partial charge in [-0.2, -0.15) is 0 Å². The normalized spacial score (nSPS) is 10.3. The SMILES string of the molecule is C=Cc1nc(Cl)nc(-c2ccc(-c3ccccc3)cc2)c1N=C. The van der Waals surface area contributed by atoms with Crippen LogP contribution < -0.4 is 0 Å². The van der Waals surface area contributed by atoms with E-state index < -0.39 is 0 Å². The molecule has 0 spiro atoms. The molecule has 0 N–H and O–H groups in total. The second kappa shape index (κ2) is 6.55. The summed E-state index contributed by atoms with van der Waals surface area (Å²) in [6.45, 7) is 7.33. The highest BCUT2D eigenvalue weighted by Gasteiger charge is 2.12. The predicted octanol–water partition coefficient (Wildman–Crippen LogP) is 5.44. The van der Waals surface area contributed by atoms with Crippen LogP contribution in [-0.2, 0) is 0 Å². The van der Waals surface area contributed by atoms with Gasteiger partial charge in [0.25, 0.3) is 0 Å². The number of aliphatic imine (C=N–C) groups is 1. The van der Waals surface area contributed by atoms with E-state index >= 15 is 0 Å². The predicted molar refractivity (Wildman–Crippen MR) is 97.2 cm³/mol. The lowest BCUT2D eigenvalue weighted by Crippen LogP contribution is -1.93. The number of rotatable bonds is 4. The third-order valence-electron chi connectivity index (χ3n) is 3.50. The zero-order valence-electron chi connectivity index (χ0n) is 12.4. The number of aromatic nitrogens is 2. The maximum atomic E-state index is 6.00. The lowest BCUT2D eigenvalue weighted by atomic mass is 10.0. The van der Waals surface area contributed by atoms with Gasteiger partial charge < -0.3 is 0 Å². The van der Waals surface area contributed by atoms with Gasteiger partial charge in [-0.25, -0.2) is 9.97 Å². The Balaban J connectivity index is 2.08. The van der Waals surface area contributed by atoms with E-state index in [0.29, 0.717) is 17.1 Å². The van der Waals surface area contributed by atoms with Gasteiger partial charge in [-0.15, -0.1) is 0 Å². The maximum absolute atomic E-state index is 6.00. The van der Waals surface area contributed by atoms with Crippen molar-refractivity contribution < 1.29 is 0 Å². The molecule has 0 saturated carbocycles. The molecule has 0 fully saturated rings. The molecule has 1 aromatic heterocycles. The smallest absolute Gasteiger partial charge is 0.223 e. The Bertz CT molecular complexity index is 856. The molecule has 4 heteroatoms.